The van der Waals surface area contributed by atoms with Crippen molar-refractivity contribution >= 4 is 5.95 Å². The minimum atomic E-state index is -0.157. The van der Waals surface area contributed by atoms with Crippen molar-refractivity contribution in [1.29, 1.82) is 0 Å². The van der Waals surface area contributed by atoms with Gasteiger partial charge in [-0.15, -0.1) is 0 Å². The molecule has 2 aromatic rings. The van der Waals surface area contributed by atoms with Crippen LogP contribution in [0.1, 0.15) is 77.3 Å². The Balaban J connectivity index is 1.33. The van der Waals surface area contributed by atoms with Gasteiger partial charge in [-0.3, -0.25) is 4.90 Å². The molecule has 3 heterocycles. The van der Waals surface area contributed by atoms with Crippen LogP contribution in [0.4, 0.5) is 5.95 Å². The van der Waals surface area contributed by atoms with Gasteiger partial charge in [0.1, 0.15) is 6.33 Å². The van der Waals surface area contributed by atoms with E-state index in [0.717, 1.165) is 69.2 Å². The third-order valence-electron chi connectivity index (χ3n) is 8.36. The Morgan fingerprint density at radius 1 is 0.909 bits per heavy atom. The van der Waals surface area contributed by atoms with Crippen LogP contribution in [0.2, 0.25) is 0 Å². The molecule has 1 N–H and O–H groups in total. The van der Waals surface area contributed by atoms with E-state index in [9.17, 15) is 5.11 Å². The topological polar surface area (TPSA) is 65.4 Å². The molecule has 6 nitrogen and oxygen atoms in total. The second kappa shape index (κ2) is 8.62. The van der Waals surface area contributed by atoms with Crippen molar-refractivity contribution in [1.82, 2.24) is 19.9 Å². The van der Waals surface area contributed by atoms with Gasteiger partial charge in [0.2, 0.25) is 5.95 Å². The number of aromatic nitrogens is 3. The molecule has 0 radical (unpaired) electrons. The van der Waals surface area contributed by atoms with Gasteiger partial charge in [-0.1, -0.05) is 39.8 Å². The monoisotopic (exact) mass is 449 g/mol. The van der Waals surface area contributed by atoms with Crippen LogP contribution in [0.15, 0.2) is 24.5 Å². The molecule has 1 aromatic carbocycles. The van der Waals surface area contributed by atoms with Crippen LogP contribution in [0, 0.1) is 0 Å². The summed E-state index contributed by atoms with van der Waals surface area (Å²) < 4.78 is 0. The summed E-state index contributed by atoms with van der Waals surface area (Å²) in [6.45, 7) is 13.3. The number of hydrogen-bond acceptors (Lipinski definition) is 6. The highest BCUT2D eigenvalue weighted by molar-refractivity contribution is 5.61. The van der Waals surface area contributed by atoms with Crippen molar-refractivity contribution < 1.29 is 5.11 Å². The summed E-state index contributed by atoms with van der Waals surface area (Å²) in [5, 5.41) is 10.0. The van der Waals surface area contributed by atoms with E-state index in [1.54, 1.807) is 6.33 Å². The summed E-state index contributed by atoms with van der Waals surface area (Å²) in [7, 11) is 0. The molecule has 2 aliphatic heterocycles. The van der Waals surface area contributed by atoms with Gasteiger partial charge in [0.15, 0.2) is 5.82 Å². The van der Waals surface area contributed by atoms with Crippen LogP contribution in [-0.2, 0) is 10.8 Å². The van der Waals surface area contributed by atoms with E-state index in [2.05, 4.69) is 65.7 Å². The maximum atomic E-state index is 10.0. The van der Waals surface area contributed by atoms with Gasteiger partial charge in [-0.25, -0.2) is 9.97 Å². The van der Waals surface area contributed by atoms with E-state index in [1.165, 1.54) is 24.0 Å². The Hall–Kier alpha value is -2.05. The first-order valence-corrected chi connectivity index (χ1v) is 12.7. The maximum absolute atomic E-state index is 10.0. The smallest absolute Gasteiger partial charge is 0.228 e. The Morgan fingerprint density at radius 2 is 1.64 bits per heavy atom. The Labute approximate surface area is 198 Å². The van der Waals surface area contributed by atoms with Crippen molar-refractivity contribution in [2.45, 2.75) is 89.2 Å². The van der Waals surface area contributed by atoms with Crippen LogP contribution in [-0.4, -0.2) is 63.3 Å². The summed E-state index contributed by atoms with van der Waals surface area (Å²) in [6, 6.07) is 7.37. The molecule has 6 heteroatoms. The van der Waals surface area contributed by atoms with E-state index in [1.807, 2.05) is 0 Å². The van der Waals surface area contributed by atoms with Gasteiger partial charge >= 0.3 is 0 Å². The Morgan fingerprint density at radius 3 is 2.36 bits per heavy atom. The SMILES string of the molecule is CC1(C)CCC(C)(C)c2cc(-c3ncnc(N4CCC(N5CCCC(O)C5)CC4)n3)ccc21. The van der Waals surface area contributed by atoms with Gasteiger partial charge < -0.3 is 10.0 Å². The minimum absolute atomic E-state index is 0.157. The van der Waals surface area contributed by atoms with Crippen molar-refractivity contribution in [3.05, 3.63) is 35.7 Å². The standard InChI is InChI=1S/C27H39N5O/c1-26(2)11-12-27(3,4)23-16-19(7-8-22(23)26)24-28-18-29-25(30-24)31-14-9-20(10-15-31)32-13-5-6-21(33)17-32/h7-8,16,18,20-21,33H,5-6,9-15,17H2,1-4H3. The molecule has 1 atom stereocenters. The molecule has 178 valence electrons. The van der Waals surface area contributed by atoms with E-state index in [4.69, 9.17) is 4.98 Å². The molecule has 0 spiro atoms. The number of aliphatic hydroxyl groups excluding tert-OH is 1. The first-order chi connectivity index (χ1) is 15.7. The molecule has 1 aliphatic carbocycles. The lowest BCUT2D eigenvalue weighted by Crippen LogP contribution is -2.49. The third-order valence-corrected chi connectivity index (χ3v) is 8.36. The van der Waals surface area contributed by atoms with Crippen molar-refractivity contribution in [3.8, 4) is 11.4 Å². The lowest BCUT2D eigenvalue weighted by atomic mass is 9.63. The molecule has 5 rings (SSSR count). The predicted octanol–water partition coefficient (Wildman–Crippen LogP) is 4.31. The zero-order chi connectivity index (χ0) is 23.2. The lowest BCUT2D eigenvalue weighted by Gasteiger charge is -2.42. The van der Waals surface area contributed by atoms with Gasteiger partial charge in [0, 0.05) is 31.2 Å². The van der Waals surface area contributed by atoms with E-state index in [-0.39, 0.29) is 16.9 Å². The largest absolute Gasteiger partial charge is 0.392 e. The van der Waals surface area contributed by atoms with Crippen LogP contribution < -0.4 is 4.90 Å². The third kappa shape index (κ3) is 4.52. The van der Waals surface area contributed by atoms with Crippen LogP contribution in [0.3, 0.4) is 0 Å². The van der Waals surface area contributed by atoms with Gasteiger partial charge in [0.05, 0.1) is 6.10 Å². The molecule has 33 heavy (non-hydrogen) atoms. The highest BCUT2D eigenvalue weighted by atomic mass is 16.3. The summed E-state index contributed by atoms with van der Waals surface area (Å²) in [4.78, 5) is 18.8. The molecule has 0 bridgehead atoms. The van der Waals surface area contributed by atoms with Crippen LogP contribution >= 0.6 is 0 Å². The van der Waals surface area contributed by atoms with Crippen molar-refractivity contribution in [2.24, 2.45) is 0 Å². The molecule has 1 aromatic heterocycles. The molecular weight excluding hydrogens is 410 g/mol. The van der Waals surface area contributed by atoms with E-state index < -0.39 is 0 Å². The number of nitrogens with zero attached hydrogens (tertiary/aromatic N) is 5. The molecule has 3 aliphatic rings. The number of anilines is 1. The fourth-order valence-corrected chi connectivity index (χ4v) is 6.05. The highest BCUT2D eigenvalue weighted by Crippen LogP contribution is 2.46. The van der Waals surface area contributed by atoms with Gasteiger partial charge in [-0.05, 0) is 73.1 Å². The highest BCUT2D eigenvalue weighted by Gasteiger charge is 2.37. The summed E-state index contributed by atoms with van der Waals surface area (Å²) in [5.41, 5.74) is 4.35. The predicted molar refractivity (Wildman–Crippen MR) is 133 cm³/mol. The zero-order valence-electron chi connectivity index (χ0n) is 20.7. The number of fused-ring (bicyclic) bond motifs is 1. The average Bonchev–Trinajstić information content (AvgIpc) is 2.82. The second-order valence-electron chi connectivity index (χ2n) is 11.6. The normalized spacial score (nSPS) is 25.6. The fraction of sp³-hybridized carbons (Fsp3) is 0.667. The number of rotatable bonds is 3. The van der Waals surface area contributed by atoms with Gasteiger partial charge in [0.25, 0.3) is 0 Å². The molecule has 2 saturated heterocycles. The molecule has 2 fully saturated rings. The number of hydrogen-bond donors (Lipinski definition) is 1. The zero-order valence-corrected chi connectivity index (χ0v) is 20.7. The molecule has 0 amide bonds. The Bertz CT molecular complexity index is 996. The molecule has 0 saturated carbocycles. The van der Waals surface area contributed by atoms with Gasteiger partial charge in [-0.2, -0.15) is 4.98 Å². The first-order valence-electron chi connectivity index (χ1n) is 12.7. The van der Waals surface area contributed by atoms with Crippen molar-refractivity contribution in [2.75, 3.05) is 31.1 Å². The maximum Gasteiger partial charge on any atom is 0.228 e. The summed E-state index contributed by atoms with van der Waals surface area (Å²) in [6.07, 6.45) is 8.16. The van der Waals surface area contributed by atoms with Crippen molar-refractivity contribution in [3.63, 3.8) is 0 Å². The van der Waals surface area contributed by atoms with Crippen LogP contribution in [0.5, 0.6) is 0 Å². The van der Waals surface area contributed by atoms with Crippen LogP contribution in [0.25, 0.3) is 11.4 Å². The first kappa shape index (κ1) is 22.7. The average molecular weight is 450 g/mol. The summed E-state index contributed by atoms with van der Waals surface area (Å²) >= 11 is 0. The number of β-amino-alcohol motifs (C(OH)–C–C–N with tert-alkyl or cyclic N) is 1. The second-order valence-corrected chi connectivity index (χ2v) is 11.6. The molecule has 1 unspecified atom stereocenters. The minimum Gasteiger partial charge on any atom is -0.392 e. The number of piperidine rings is 2. The summed E-state index contributed by atoms with van der Waals surface area (Å²) in [5.74, 6) is 1.55. The number of aliphatic hydroxyl groups is 1. The number of likely N-dealkylation sites (tertiary alicyclic amines) is 1. The van der Waals surface area contributed by atoms with E-state index in [0.29, 0.717) is 6.04 Å². The fourth-order valence-electron chi connectivity index (χ4n) is 6.05. The Kier molecular flexibility index (Phi) is 5.94. The quantitative estimate of drug-likeness (QED) is 0.753. The number of benzene rings is 1. The van der Waals surface area contributed by atoms with E-state index >= 15 is 0 Å². The molecular formula is C27H39N5O. The lowest BCUT2D eigenvalue weighted by molar-refractivity contribution is 0.0397.